The Kier molecular flexibility index (Phi) is 4.87. The minimum atomic E-state index is 0.453. The summed E-state index contributed by atoms with van der Waals surface area (Å²) in [7, 11) is 1.77. The third-order valence-electron chi connectivity index (χ3n) is 4.52. The molecule has 0 heterocycles. The molecule has 0 aromatic heterocycles. The van der Waals surface area contributed by atoms with Crippen LogP contribution in [-0.4, -0.2) is 13.7 Å². The Labute approximate surface area is 117 Å². The summed E-state index contributed by atoms with van der Waals surface area (Å²) < 4.78 is 5.65. The maximum Gasteiger partial charge on any atom is 0.125 e. The van der Waals surface area contributed by atoms with E-state index >= 15 is 0 Å². The van der Waals surface area contributed by atoms with Crippen molar-refractivity contribution in [3.05, 3.63) is 28.8 Å². The Morgan fingerprint density at radius 2 is 1.89 bits per heavy atom. The largest absolute Gasteiger partial charge is 0.496 e. The Balaban J connectivity index is 2.36. The fourth-order valence-electron chi connectivity index (χ4n) is 3.65. The Bertz CT molecular complexity index is 422. The van der Waals surface area contributed by atoms with Crippen molar-refractivity contribution < 1.29 is 4.74 Å². The molecule has 1 saturated carbocycles. The van der Waals surface area contributed by atoms with Crippen LogP contribution in [0.4, 0.5) is 0 Å². The highest BCUT2D eigenvalue weighted by atomic mass is 16.5. The molecule has 2 heteroatoms. The average Bonchev–Trinajstić information content (AvgIpc) is 2.40. The van der Waals surface area contributed by atoms with Gasteiger partial charge in [-0.3, -0.25) is 0 Å². The summed E-state index contributed by atoms with van der Waals surface area (Å²) in [6.07, 6.45) is 6.73. The van der Waals surface area contributed by atoms with E-state index in [9.17, 15) is 0 Å². The van der Waals surface area contributed by atoms with Crippen LogP contribution in [0.3, 0.4) is 0 Å². The topological polar surface area (TPSA) is 35.2 Å². The van der Waals surface area contributed by atoms with Crippen LogP contribution in [0.15, 0.2) is 12.1 Å². The third-order valence-corrected chi connectivity index (χ3v) is 4.52. The molecule has 1 unspecified atom stereocenters. The maximum absolute atomic E-state index is 6.10. The van der Waals surface area contributed by atoms with Gasteiger partial charge in [0, 0.05) is 5.92 Å². The molecular weight excluding hydrogens is 234 g/mol. The predicted octanol–water partition coefficient (Wildman–Crippen LogP) is 3.93. The minimum absolute atomic E-state index is 0.453. The average molecular weight is 261 g/mol. The van der Waals surface area contributed by atoms with E-state index in [0.717, 1.165) is 18.2 Å². The summed E-state index contributed by atoms with van der Waals surface area (Å²) in [4.78, 5) is 0. The molecule has 2 nitrogen and oxygen atoms in total. The highest BCUT2D eigenvalue weighted by Gasteiger charge is 2.27. The number of rotatable bonds is 4. The van der Waals surface area contributed by atoms with Gasteiger partial charge in [-0.25, -0.2) is 0 Å². The lowest BCUT2D eigenvalue weighted by molar-refractivity contribution is 0.300. The van der Waals surface area contributed by atoms with Gasteiger partial charge in [0.1, 0.15) is 5.75 Å². The van der Waals surface area contributed by atoms with Crippen molar-refractivity contribution >= 4 is 0 Å². The first-order valence-corrected chi connectivity index (χ1v) is 7.52. The molecule has 0 bridgehead atoms. The molecule has 1 aliphatic carbocycles. The van der Waals surface area contributed by atoms with Crippen molar-refractivity contribution in [1.29, 1.82) is 0 Å². The van der Waals surface area contributed by atoms with E-state index in [2.05, 4.69) is 26.0 Å². The molecule has 0 radical (unpaired) electrons. The van der Waals surface area contributed by atoms with Crippen LogP contribution < -0.4 is 10.5 Å². The Hall–Kier alpha value is -1.02. The third kappa shape index (κ3) is 3.11. The molecule has 0 spiro atoms. The van der Waals surface area contributed by atoms with E-state index in [4.69, 9.17) is 10.5 Å². The molecule has 0 amide bonds. The summed E-state index contributed by atoms with van der Waals surface area (Å²) in [5.74, 6) is 2.23. The van der Waals surface area contributed by atoms with E-state index in [1.165, 1.54) is 48.8 Å². The first kappa shape index (κ1) is 14.4. The zero-order chi connectivity index (χ0) is 13.8. The van der Waals surface area contributed by atoms with E-state index in [0.29, 0.717) is 5.92 Å². The first-order valence-electron chi connectivity index (χ1n) is 7.52. The summed E-state index contributed by atoms with van der Waals surface area (Å²) in [6.45, 7) is 5.01. The fraction of sp³-hybridized carbons (Fsp3) is 0.647. The monoisotopic (exact) mass is 261 g/mol. The molecule has 2 rings (SSSR count). The quantitative estimate of drug-likeness (QED) is 0.891. The second-order valence-electron chi connectivity index (χ2n) is 5.94. The lowest BCUT2D eigenvalue weighted by Gasteiger charge is -2.31. The van der Waals surface area contributed by atoms with Crippen molar-refractivity contribution in [1.82, 2.24) is 0 Å². The number of nitrogens with two attached hydrogens (primary N) is 1. The molecule has 1 aliphatic rings. The lowest BCUT2D eigenvalue weighted by Crippen LogP contribution is -2.24. The minimum Gasteiger partial charge on any atom is -0.496 e. The highest BCUT2D eigenvalue weighted by Crippen LogP contribution is 2.40. The molecule has 0 saturated heterocycles. The van der Waals surface area contributed by atoms with Crippen LogP contribution in [0.25, 0.3) is 0 Å². The zero-order valence-corrected chi connectivity index (χ0v) is 12.5. The van der Waals surface area contributed by atoms with Gasteiger partial charge in [0.2, 0.25) is 0 Å². The molecule has 106 valence electrons. The summed E-state index contributed by atoms with van der Waals surface area (Å²) in [6, 6.07) is 4.47. The lowest BCUT2D eigenvalue weighted by atomic mass is 9.76. The molecule has 0 aliphatic heterocycles. The normalized spacial score (nSPS) is 18.3. The van der Waals surface area contributed by atoms with Gasteiger partial charge in [-0.15, -0.1) is 0 Å². The predicted molar refractivity (Wildman–Crippen MR) is 80.8 cm³/mol. The van der Waals surface area contributed by atoms with Crippen molar-refractivity contribution in [2.75, 3.05) is 13.7 Å². The van der Waals surface area contributed by atoms with Gasteiger partial charge in [0.15, 0.2) is 0 Å². The van der Waals surface area contributed by atoms with Gasteiger partial charge in [0.25, 0.3) is 0 Å². The van der Waals surface area contributed by atoms with Crippen LogP contribution in [-0.2, 0) is 0 Å². The van der Waals surface area contributed by atoms with Crippen molar-refractivity contribution in [3.8, 4) is 5.75 Å². The molecule has 1 aromatic rings. The number of hydrogen-bond acceptors (Lipinski definition) is 2. The van der Waals surface area contributed by atoms with E-state index in [1.54, 1.807) is 7.11 Å². The van der Waals surface area contributed by atoms with Gasteiger partial charge < -0.3 is 10.5 Å². The van der Waals surface area contributed by atoms with Gasteiger partial charge in [0.05, 0.1) is 7.11 Å². The number of aryl methyl sites for hydroxylation is 2. The maximum atomic E-state index is 6.10. The fourth-order valence-corrected chi connectivity index (χ4v) is 3.65. The zero-order valence-electron chi connectivity index (χ0n) is 12.5. The highest BCUT2D eigenvalue weighted by molar-refractivity contribution is 5.46. The van der Waals surface area contributed by atoms with Crippen LogP contribution in [0.1, 0.15) is 54.7 Å². The molecule has 1 aromatic carbocycles. The van der Waals surface area contributed by atoms with Crippen LogP contribution in [0.5, 0.6) is 5.75 Å². The van der Waals surface area contributed by atoms with E-state index in [-0.39, 0.29) is 0 Å². The van der Waals surface area contributed by atoms with Crippen LogP contribution >= 0.6 is 0 Å². The van der Waals surface area contributed by atoms with Gasteiger partial charge in [-0.1, -0.05) is 37.0 Å². The summed E-state index contributed by atoms with van der Waals surface area (Å²) >= 11 is 0. The first-order chi connectivity index (χ1) is 9.17. The molecule has 19 heavy (non-hydrogen) atoms. The van der Waals surface area contributed by atoms with E-state index < -0.39 is 0 Å². The molecule has 2 N–H and O–H groups in total. The summed E-state index contributed by atoms with van der Waals surface area (Å²) in [5.41, 5.74) is 9.97. The van der Waals surface area contributed by atoms with Crippen molar-refractivity contribution in [2.45, 2.75) is 51.9 Å². The van der Waals surface area contributed by atoms with Gasteiger partial charge in [-0.2, -0.15) is 0 Å². The van der Waals surface area contributed by atoms with Gasteiger partial charge >= 0.3 is 0 Å². The Morgan fingerprint density at radius 3 is 2.47 bits per heavy atom. The Morgan fingerprint density at radius 1 is 1.21 bits per heavy atom. The van der Waals surface area contributed by atoms with Crippen molar-refractivity contribution in [2.24, 2.45) is 11.7 Å². The van der Waals surface area contributed by atoms with Crippen LogP contribution in [0.2, 0.25) is 0 Å². The van der Waals surface area contributed by atoms with Crippen LogP contribution in [0, 0.1) is 19.8 Å². The molecule has 1 fully saturated rings. The smallest absolute Gasteiger partial charge is 0.125 e. The molecule has 1 atom stereocenters. The molecular formula is C17H27NO. The van der Waals surface area contributed by atoms with E-state index in [1.807, 2.05) is 0 Å². The SMILES string of the molecule is COc1c(C)cc(C)cc1C(CN)C1CCCCC1. The second kappa shape index (κ2) is 6.42. The number of methoxy groups -OCH3 is 1. The van der Waals surface area contributed by atoms with Crippen molar-refractivity contribution in [3.63, 3.8) is 0 Å². The number of ether oxygens (including phenoxy) is 1. The van der Waals surface area contributed by atoms with Gasteiger partial charge in [-0.05, 0) is 50.3 Å². The standard InChI is InChI=1S/C17H27NO/c1-12-9-13(2)17(19-3)15(10-12)16(11-18)14-7-5-4-6-8-14/h9-10,14,16H,4-8,11,18H2,1-3H3. The second-order valence-corrected chi connectivity index (χ2v) is 5.94. The number of hydrogen-bond donors (Lipinski definition) is 1. The number of benzene rings is 1. The summed E-state index contributed by atoms with van der Waals surface area (Å²) in [5, 5.41) is 0.